The van der Waals surface area contributed by atoms with Gasteiger partial charge in [0.05, 0.1) is 34.8 Å². The molecule has 0 radical (unpaired) electrons. The number of carbonyl (C=O) groups is 1. The molecule has 1 fully saturated rings. The smallest absolute Gasteiger partial charge is 0.249 e. The molecule has 1 aliphatic carbocycles. The van der Waals surface area contributed by atoms with Gasteiger partial charge in [-0.05, 0) is 30.5 Å². The molecule has 0 atom stereocenters. The van der Waals surface area contributed by atoms with Crippen LogP contribution in [0, 0.1) is 0 Å². The summed E-state index contributed by atoms with van der Waals surface area (Å²) in [5, 5.41) is 9.49. The molecule has 0 saturated heterocycles. The van der Waals surface area contributed by atoms with Crippen LogP contribution in [0.2, 0.25) is 5.02 Å². The number of imidazole rings is 1. The van der Waals surface area contributed by atoms with Crippen LogP contribution in [0.5, 0.6) is 0 Å². The van der Waals surface area contributed by atoms with Gasteiger partial charge in [-0.3, -0.25) is 4.79 Å². The molecule has 5 rings (SSSR count). The van der Waals surface area contributed by atoms with Crippen molar-refractivity contribution in [2.75, 3.05) is 5.75 Å². The minimum atomic E-state index is 0.0210. The van der Waals surface area contributed by atoms with Gasteiger partial charge in [0.15, 0.2) is 5.16 Å². The fourth-order valence-electron chi connectivity index (χ4n) is 3.37. The summed E-state index contributed by atoms with van der Waals surface area (Å²) < 4.78 is 5.80. The van der Waals surface area contributed by atoms with E-state index in [-0.39, 0.29) is 24.2 Å². The highest BCUT2D eigenvalue weighted by atomic mass is 35.5. The minimum Gasteiger partial charge on any atom is -0.419 e. The lowest BCUT2D eigenvalue weighted by molar-refractivity contribution is -0.129. The Bertz CT molecular complexity index is 1220. The van der Waals surface area contributed by atoms with Gasteiger partial charge in [0.2, 0.25) is 17.7 Å². The first kappa shape index (κ1) is 20.8. The molecule has 1 aliphatic rings. The van der Waals surface area contributed by atoms with E-state index in [1.54, 1.807) is 12.3 Å². The molecule has 162 valence electrons. The topological polar surface area (TPSA) is 87.9 Å². The van der Waals surface area contributed by atoms with E-state index in [1.807, 2.05) is 53.4 Å². The number of aromatic nitrogens is 4. The van der Waals surface area contributed by atoms with Gasteiger partial charge in [-0.1, -0.05) is 65.8 Å². The van der Waals surface area contributed by atoms with Gasteiger partial charge < -0.3 is 14.3 Å². The Kier molecular flexibility index (Phi) is 5.96. The maximum atomic E-state index is 13.0. The summed E-state index contributed by atoms with van der Waals surface area (Å²) in [4.78, 5) is 22.4. The Hall–Kier alpha value is -3.10. The summed E-state index contributed by atoms with van der Waals surface area (Å²) in [7, 11) is 0. The maximum Gasteiger partial charge on any atom is 0.249 e. The van der Waals surface area contributed by atoms with Crippen molar-refractivity contribution in [1.29, 1.82) is 0 Å². The summed E-state index contributed by atoms with van der Waals surface area (Å²) in [6.07, 6.45) is 3.76. The van der Waals surface area contributed by atoms with E-state index < -0.39 is 0 Å². The van der Waals surface area contributed by atoms with Crippen LogP contribution in [0.4, 0.5) is 0 Å². The number of rotatable bonds is 8. The number of aromatic amines is 1. The third-order valence-electron chi connectivity index (χ3n) is 5.15. The first-order valence-corrected chi connectivity index (χ1v) is 11.6. The molecule has 1 amide bonds. The molecule has 4 aromatic rings. The second kappa shape index (κ2) is 9.18. The Labute approximate surface area is 194 Å². The van der Waals surface area contributed by atoms with E-state index in [0.717, 1.165) is 24.1 Å². The highest BCUT2D eigenvalue weighted by Gasteiger charge is 2.33. The first-order chi connectivity index (χ1) is 15.7. The highest BCUT2D eigenvalue weighted by molar-refractivity contribution is 7.99. The summed E-state index contributed by atoms with van der Waals surface area (Å²) in [6, 6.07) is 17.5. The number of nitrogens with zero attached hydrogens (tertiary/aromatic N) is 4. The van der Waals surface area contributed by atoms with Crippen molar-refractivity contribution in [3.8, 4) is 22.7 Å². The maximum absolute atomic E-state index is 13.0. The predicted molar refractivity (Wildman–Crippen MR) is 123 cm³/mol. The average Bonchev–Trinajstić information content (AvgIpc) is 3.36. The van der Waals surface area contributed by atoms with E-state index >= 15 is 0 Å². The van der Waals surface area contributed by atoms with Gasteiger partial charge in [-0.25, -0.2) is 4.98 Å². The normalized spacial score (nSPS) is 13.3. The summed E-state index contributed by atoms with van der Waals surface area (Å²) in [5.41, 5.74) is 2.67. The molecule has 1 N–H and O–H groups in total. The average molecular weight is 466 g/mol. The molecule has 0 unspecified atom stereocenters. The lowest BCUT2D eigenvalue weighted by atomic mass is 10.2. The van der Waals surface area contributed by atoms with Crippen molar-refractivity contribution in [3.05, 3.63) is 71.7 Å². The monoisotopic (exact) mass is 465 g/mol. The summed E-state index contributed by atoms with van der Waals surface area (Å²) in [5.74, 6) is 1.05. The SMILES string of the molecule is O=C(CSc1ncc(-c2ccccc2)[nH]1)N(Cc1nnc(-c2ccccc2Cl)o1)C1CC1. The molecule has 0 bridgehead atoms. The fraction of sp³-hybridized carbons (Fsp3) is 0.217. The number of H-pyrrole nitrogens is 1. The van der Waals surface area contributed by atoms with Crippen molar-refractivity contribution in [2.45, 2.75) is 30.6 Å². The third kappa shape index (κ3) is 4.71. The van der Waals surface area contributed by atoms with Gasteiger partial charge >= 0.3 is 0 Å². The Morgan fingerprint density at radius 3 is 2.69 bits per heavy atom. The van der Waals surface area contributed by atoms with Gasteiger partial charge in [-0.2, -0.15) is 0 Å². The van der Waals surface area contributed by atoms with Crippen LogP contribution in [0.25, 0.3) is 22.7 Å². The number of halogens is 1. The van der Waals surface area contributed by atoms with Gasteiger partial charge in [0, 0.05) is 6.04 Å². The molecule has 2 heterocycles. The lowest BCUT2D eigenvalue weighted by Crippen LogP contribution is -2.34. The third-order valence-corrected chi connectivity index (χ3v) is 6.36. The molecular weight excluding hydrogens is 446 g/mol. The van der Waals surface area contributed by atoms with Crippen LogP contribution in [-0.4, -0.2) is 42.8 Å². The van der Waals surface area contributed by atoms with Crippen LogP contribution >= 0.6 is 23.4 Å². The molecule has 1 saturated carbocycles. The molecule has 7 nitrogen and oxygen atoms in total. The predicted octanol–water partition coefficient (Wildman–Crippen LogP) is 5.06. The lowest BCUT2D eigenvalue weighted by Gasteiger charge is -2.20. The number of benzene rings is 2. The molecule has 9 heteroatoms. The molecule has 0 aliphatic heterocycles. The number of carbonyl (C=O) groups excluding carboxylic acids is 1. The van der Waals surface area contributed by atoms with Gasteiger partial charge in [0.25, 0.3) is 0 Å². The Morgan fingerprint density at radius 1 is 1.12 bits per heavy atom. The molecular formula is C23H20ClN5O2S. The zero-order chi connectivity index (χ0) is 21.9. The summed E-state index contributed by atoms with van der Waals surface area (Å²) >= 11 is 7.61. The van der Waals surface area contributed by atoms with Crippen molar-refractivity contribution in [3.63, 3.8) is 0 Å². The zero-order valence-electron chi connectivity index (χ0n) is 17.1. The van der Waals surface area contributed by atoms with Gasteiger partial charge in [-0.15, -0.1) is 10.2 Å². The Balaban J connectivity index is 1.23. The van der Waals surface area contributed by atoms with Crippen LogP contribution in [0.15, 0.2) is 70.4 Å². The van der Waals surface area contributed by atoms with Crippen molar-refractivity contribution in [2.24, 2.45) is 0 Å². The van der Waals surface area contributed by atoms with Crippen LogP contribution in [-0.2, 0) is 11.3 Å². The van der Waals surface area contributed by atoms with Crippen molar-refractivity contribution < 1.29 is 9.21 Å². The van der Waals surface area contributed by atoms with E-state index in [4.69, 9.17) is 16.0 Å². The molecule has 32 heavy (non-hydrogen) atoms. The molecule has 2 aromatic carbocycles. The van der Waals surface area contributed by atoms with E-state index in [0.29, 0.717) is 27.5 Å². The second-order valence-electron chi connectivity index (χ2n) is 7.49. The molecule has 0 spiro atoms. The number of nitrogens with one attached hydrogen (secondary N) is 1. The Morgan fingerprint density at radius 2 is 1.91 bits per heavy atom. The second-order valence-corrected chi connectivity index (χ2v) is 8.86. The first-order valence-electron chi connectivity index (χ1n) is 10.3. The largest absolute Gasteiger partial charge is 0.419 e. The standard InChI is InChI=1S/C23H20ClN5O2S/c24-18-9-5-4-8-17(18)22-28-27-20(31-22)13-29(16-10-11-16)21(30)14-32-23-25-12-19(26-23)15-6-2-1-3-7-15/h1-9,12,16H,10-11,13-14H2,(H,25,26). The van der Waals surface area contributed by atoms with E-state index in [1.165, 1.54) is 11.8 Å². The highest BCUT2D eigenvalue weighted by Crippen LogP contribution is 2.31. The van der Waals surface area contributed by atoms with Gasteiger partial charge in [0.1, 0.15) is 0 Å². The number of hydrogen-bond donors (Lipinski definition) is 1. The number of thioether (sulfide) groups is 1. The van der Waals surface area contributed by atoms with Crippen LogP contribution in [0.1, 0.15) is 18.7 Å². The number of amides is 1. The number of hydrogen-bond acceptors (Lipinski definition) is 6. The van der Waals surface area contributed by atoms with Crippen LogP contribution in [0.3, 0.4) is 0 Å². The minimum absolute atomic E-state index is 0.0210. The quantitative estimate of drug-likeness (QED) is 0.366. The fourth-order valence-corrected chi connectivity index (χ4v) is 4.32. The van der Waals surface area contributed by atoms with E-state index in [2.05, 4.69) is 20.2 Å². The van der Waals surface area contributed by atoms with Crippen LogP contribution < -0.4 is 0 Å². The van der Waals surface area contributed by atoms with Crippen molar-refractivity contribution >= 4 is 29.3 Å². The zero-order valence-corrected chi connectivity index (χ0v) is 18.6. The summed E-state index contributed by atoms with van der Waals surface area (Å²) in [6.45, 7) is 0.287. The molecule has 2 aromatic heterocycles. The van der Waals surface area contributed by atoms with Crippen molar-refractivity contribution in [1.82, 2.24) is 25.1 Å². The van der Waals surface area contributed by atoms with E-state index in [9.17, 15) is 4.79 Å².